The Labute approximate surface area is 188 Å². The van der Waals surface area contributed by atoms with Crippen molar-refractivity contribution in [2.75, 3.05) is 57.0 Å². The molecule has 1 aromatic carbocycles. The fraction of sp³-hybridized carbons (Fsp3) is 0.381. The Morgan fingerprint density at radius 1 is 1.12 bits per heavy atom. The molecule has 2 amide bonds. The highest BCUT2D eigenvalue weighted by Gasteiger charge is 2.32. The SMILES string of the molecule is CN(C)C(=O)c1ccc(NC(=O)CN2CCN(c3ncc(C(F)(F)F)cc3Cl)CC2)cc1. The number of benzene rings is 1. The summed E-state index contributed by atoms with van der Waals surface area (Å²) >= 11 is 6.02. The number of rotatable bonds is 5. The second-order valence-corrected chi connectivity index (χ2v) is 8.02. The quantitative estimate of drug-likeness (QED) is 0.728. The van der Waals surface area contributed by atoms with E-state index in [0.29, 0.717) is 43.2 Å². The summed E-state index contributed by atoms with van der Waals surface area (Å²) in [6.07, 6.45) is -3.72. The molecule has 0 saturated carbocycles. The first-order valence-electron chi connectivity index (χ1n) is 9.86. The Morgan fingerprint density at radius 2 is 1.75 bits per heavy atom. The van der Waals surface area contributed by atoms with E-state index in [1.54, 1.807) is 43.3 Å². The van der Waals surface area contributed by atoms with E-state index in [9.17, 15) is 22.8 Å². The van der Waals surface area contributed by atoms with Crippen molar-refractivity contribution in [1.29, 1.82) is 0 Å². The summed E-state index contributed by atoms with van der Waals surface area (Å²) < 4.78 is 38.4. The predicted octanol–water partition coefficient (Wildman–Crippen LogP) is 3.22. The molecule has 0 spiro atoms. The number of hydrogen-bond donors (Lipinski definition) is 1. The highest BCUT2D eigenvalue weighted by Crippen LogP contribution is 2.33. The van der Waals surface area contributed by atoms with Crippen LogP contribution >= 0.6 is 11.6 Å². The van der Waals surface area contributed by atoms with E-state index < -0.39 is 11.7 Å². The van der Waals surface area contributed by atoms with Crippen LogP contribution in [0.5, 0.6) is 0 Å². The third-order valence-electron chi connectivity index (χ3n) is 5.01. The summed E-state index contributed by atoms with van der Waals surface area (Å²) in [5, 5.41) is 2.74. The molecule has 1 aromatic heterocycles. The number of nitrogens with one attached hydrogen (secondary N) is 1. The van der Waals surface area contributed by atoms with Gasteiger partial charge in [0.25, 0.3) is 5.91 Å². The van der Waals surface area contributed by atoms with Gasteiger partial charge in [-0.3, -0.25) is 14.5 Å². The van der Waals surface area contributed by atoms with Crippen molar-refractivity contribution in [1.82, 2.24) is 14.8 Å². The van der Waals surface area contributed by atoms with Crippen molar-refractivity contribution in [3.05, 3.63) is 52.7 Å². The number of alkyl halides is 3. The number of pyridine rings is 1. The van der Waals surface area contributed by atoms with E-state index in [4.69, 9.17) is 11.6 Å². The number of carbonyl (C=O) groups is 2. The monoisotopic (exact) mass is 469 g/mol. The lowest BCUT2D eigenvalue weighted by molar-refractivity contribution is -0.137. The molecule has 1 saturated heterocycles. The van der Waals surface area contributed by atoms with Crippen molar-refractivity contribution in [2.45, 2.75) is 6.18 Å². The minimum absolute atomic E-state index is 0.0535. The van der Waals surface area contributed by atoms with Crippen molar-refractivity contribution < 1.29 is 22.8 Å². The third-order valence-corrected chi connectivity index (χ3v) is 5.29. The highest BCUT2D eigenvalue weighted by atomic mass is 35.5. The average Bonchev–Trinajstić information content (AvgIpc) is 2.73. The summed E-state index contributed by atoms with van der Waals surface area (Å²) in [4.78, 5) is 33.4. The molecule has 1 N–H and O–H groups in total. The maximum absolute atomic E-state index is 12.8. The molecule has 2 aromatic rings. The Hall–Kier alpha value is -2.85. The summed E-state index contributed by atoms with van der Waals surface area (Å²) in [6.45, 7) is 2.19. The van der Waals surface area contributed by atoms with Gasteiger partial charge in [0.1, 0.15) is 5.82 Å². The Morgan fingerprint density at radius 3 is 2.28 bits per heavy atom. The van der Waals surface area contributed by atoms with Gasteiger partial charge in [-0.05, 0) is 30.3 Å². The first-order chi connectivity index (χ1) is 15.0. The van der Waals surface area contributed by atoms with Gasteiger partial charge in [-0.15, -0.1) is 0 Å². The van der Waals surface area contributed by atoms with Crippen molar-refractivity contribution in [3.63, 3.8) is 0 Å². The van der Waals surface area contributed by atoms with Gasteiger partial charge in [-0.1, -0.05) is 11.6 Å². The fourth-order valence-electron chi connectivity index (χ4n) is 3.29. The average molecular weight is 470 g/mol. The van der Waals surface area contributed by atoms with Crippen molar-refractivity contribution in [3.8, 4) is 0 Å². The summed E-state index contributed by atoms with van der Waals surface area (Å²) in [6, 6.07) is 7.52. The van der Waals surface area contributed by atoms with E-state index in [1.807, 2.05) is 4.90 Å². The van der Waals surface area contributed by atoms with Crippen LogP contribution in [-0.4, -0.2) is 73.4 Å². The van der Waals surface area contributed by atoms with Crippen LogP contribution in [0.4, 0.5) is 24.7 Å². The van der Waals surface area contributed by atoms with Gasteiger partial charge in [-0.25, -0.2) is 4.98 Å². The number of amides is 2. The molecule has 32 heavy (non-hydrogen) atoms. The molecule has 1 aliphatic rings. The van der Waals surface area contributed by atoms with E-state index in [1.165, 1.54) is 4.90 Å². The molecule has 1 fully saturated rings. The molecule has 0 aliphatic carbocycles. The highest BCUT2D eigenvalue weighted by molar-refractivity contribution is 6.33. The largest absolute Gasteiger partial charge is 0.417 e. The number of hydrogen-bond acceptors (Lipinski definition) is 5. The zero-order chi connectivity index (χ0) is 23.5. The molecule has 0 radical (unpaired) electrons. The second kappa shape index (κ2) is 9.74. The zero-order valence-electron chi connectivity index (χ0n) is 17.6. The Balaban J connectivity index is 1.51. The number of carbonyl (C=O) groups excluding carboxylic acids is 2. The van der Waals surface area contributed by atoms with E-state index in [2.05, 4.69) is 10.3 Å². The molecule has 1 aliphatic heterocycles. The smallest absolute Gasteiger partial charge is 0.353 e. The second-order valence-electron chi connectivity index (χ2n) is 7.62. The van der Waals surface area contributed by atoms with E-state index in [-0.39, 0.29) is 23.4 Å². The molecule has 0 unspecified atom stereocenters. The zero-order valence-corrected chi connectivity index (χ0v) is 18.4. The van der Waals surface area contributed by atoms with Gasteiger partial charge in [0.15, 0.2) is 0 Å². The van der Waals surface area contributed by atoms with Gasteiger partial charge in [-0.2, -0.15) is 13.2 Å². The standard InChI is InChI=1S/C21H23ClF3N5O2/c1-28(2)20(32)14-3-5-16(6-4-14)27-18(31)13-29-7-9-30(10-8-29)19-17(22)11-15(12-26-19)21(23,24)25/h3-6,11-12H,7-10,13H2,1-2H3,(H,27,31). The predicted molar refractivity (Wildman–Crippen MR) is 116 cm³/mol. The summed E-state index contributed by atoms with van der Waals surface area (Å²) in [5.41, 5.74) is 0.227. The molecule has 11 heteroatoms. The fourth-order valence-corrected chi connectivity index (χ4v) is 3.58. The van der Waals surface area contributed by atoms with Gasteiger partial charge < -0.3 is 15.1 Å². The van der Waals surface area contributed by atoms with Gasteiger partial charge in [0, 0.05) is 57.7 Å². The van der Waals surface area contributed by atoms with E-state index in [0.717, 1.165) is 12.3 Å². The topological polar surface area (TPSA) is 68.8 Å². The van der Waals surface area contributed by atoms with Crippen LogP contribution in [0.15, 0.2) is 36.5 Å². The van der Waals surface area contributed by atoms with Crippen molar-refractivity contribution in [2.24, 2.45) is 0 Å². The Kier molecular flexibility index (Phi) is 7.25. The number of piperazine rings is 1. The first kappa shape index (κ1) is 23.8. The van der Waals surface area contributed by atoms with Gasteiger partial charge in [0.2, 0.25) is 5.91 Å². The molecular formula is C21H23ClF3N5O2. The summed E-state index contributed by atoms with van der Waals surface area (Å²) in [5.74, 6) is -0.0182. The van der Waals surface area contributed by atoms with Gasteiger partial charge in [0.05, 0.1) is 17.1 Å². The number of nitrogens with zero attached hydrogens (tertiary/aromatic N) is 4. The lowest BCUT2D eigenvalue weighted by Gasteiger charge is -2.35. The maximum Gasteiger partial charge on any atom is 0.417 e. The summed E-state index contributed by atoms with van der Waals surface area (Å²) in [7, 11) is 3.33. The first-order valence-corrected chi connectivity index (χ1v) is 10.2. The number of aromatic nitrogens is 1. The lowest BCUT2D eigenvalue weighted by atomic mass is 10.2. The van der Waals surface area contributed by atoms with Crippen LogP contribution in [0, 0.1) is 0 Å². The molecule has 0 atom stereocenters. The minimum Gasteiger partial charge on any atom is -0.353 e. The molecule has 7 nitrogen and oxygen atoms in total. The van der Waals surface area contributed by atoms with Crippen LogP contribution in [0.25, 0.3) is 0 Å². The van der Waals surface area contributed by atoms with Crippen LogP contribution in [0.1, 0.15) is 15.9 Å². The van der Waals surface area contributed by atoms with Crippen LogP contribution < -0.4 is 10.2 Å². The molecule has 172 valence electrons. The molecule has 2 heterocycles. The van der Waals surface area contributed by atoms with Gasteiger partial charge >= 0.3 is 6.18 Å². The van der Waals surface area contributed by atoms with Crippen molar-refractivity contribution >= 4 is 34.9 Å². The number of anilines is 2. The van der Waals surface area contributed by atoms with Crippen LogP contribution in [0.2, 0.25) is 5.02 Å². The number of halogens is 4. The maximum atomic E-state index is 12.8. The normalized spacial score (nSPS) is 14.9. The lowest BCUT2D eigenvalue weighted by Crippen LogP contribution is -2.49. The van der Waals surface area contributed by atoms with Crippen LogP contribution in [0.3, 0.4) is 0 Å². The Bertz CT molecular complexity index is 974. The minimum atomic E-state index is -4.50. The van der Waals surface area contributed by atoms with Crippen LogP contribution in [-0.2, 0) is 11.0 Å². The molecule has 3 rings (SSSR count). The molecule has 0 bridgehead atoms. The van der Waals surface area contributed by atoms with E-state index >= 15 is 0 Å². The molecular weight excluding hydrogens is 447 g/mol. The third kappa shape index (κ3) is 5.89.